The largest absolute Gasteiger partial charge is 0.316 e. The fraction of sp³-hybridized carbons (Fsp3) is 0.111. The zero-order chi connectivity index (χ0) is 15.1. The summed E-state index contributed by atoms with van der Waals surface area (Å²) in [4.78, 5) is 4.37. The highest BCUT2D eigenvalue weighted by atomic mass is 15.2. The molecule has 0 atom stereocenters. The van der Waals surface area contributed by atoms with Crippen LogP contribution in [0.25, 0.3) is 28.3 Å². The van der Waals surface area contributed by atoms with Crippen molar-refractivity contribution >= 4 is 5.78 Å². The molecule has 0 bridgehead atoms. The van der Waals surface area contributed by atoms with E-state index < -0.39 is 0 Å². The van der Waals surface area contributed by atoms with Gasteiger partial charge in [-0.05, 0) is 0 Å². The summed E-state index contributed by atoms with van der Waals surface area (Å²) in [6, 6.07) is 14.6. The summed E-state index contributed by atoms with van der Waals surface area (Å²) in [5.74, 6) is 0.933. The van der Waals surface area contributed by atoms with Crippen LogP contribution in [0.4, 0.5) is 0 Å². The Kier molecular flexibility index (Phi) is 2.82. The second kappa shape index (κ2) is 4.84. The van der Waals surface area contributed by atoms with Crippen molar-refractivity contribution in [2.75, 3.05) is 0 Å². The second-order valence-electron chi connectivity index (χ2n) is 5.38. The Labute approximate surface area is 128 Å². The lowest BCUT2D eigenvalue weighted by Crippen LogP contribution is -2.32. The molecule has 0 saturated carbocycles. The highest BCUT2D eigenvalue weighted by Crippen LogP contribution is 2.22. The van der Waals surface area contributed by atoms with Crippen LogP contribution in [0.2, 0.25) is 0 Å². The van der Waals surface area contributed by atoms with E-state index in [9.17, 15) is 0 Å². The molecular weight excluding hydrogens is 272 g/mol. The van der Waals surface area contributed by atoms with Crippen LogP contribution in [-0.2, 0) is 14.1 Å². The molecule has 0 aliphatic heterocycles. The fourth-order valence-electron chi connectivity index (χ4n) is 2.82. The zero-order valence-corrected chi connectivity index (χ0v) is 12.6. The summed E-state index contributed by atoms with van der Waals surface area (Å²) < 4.78 is 6.16. The molecule has 108 valence electrons. The third-order valence-corrected chi connectivity index (χ3v) is 3.98. The van der Waals surface area contributed by atoms with Crippen molar-refractivity contribution in [3.8, 4) is 22.5 Å². The number of rotatable bonds is 2. The third-order valence-electron chi connectivity index (χ3n) is 3.98. The van der Waals surface area contributed by atoms with Crippen LogP contribution in [0.5, 0.6) is 0 Å². The molecule has 0 fully saturated rings. The van der Waals surface area contributed by atoms with Gasteiger partial charge in [0.05, 0.1) is 5.69 Å². The summed E-state index contributed by atoms with van der Waals surface area (Å²) in [6.07, 6.45) is 9.29. The summed E-state index contributed by atoms with van der Waals surface area (Å²) in [5, 5.41) is 0. The molecule has 0 radical (unpaired) electrons. The highest BCUT2D eigenvalue weighted by Gasteiger charge is 2.12. The molecule has 22 heavy (non-hydrogen) atoms. The number of aromatic nitrogens is 4. The summed E-state index contributed by atoms with van der Waals surface area (Å²) in [7, 11) is 4.06. The number of benzene rings is 1. The molecule has 0 aliphatic carbocycles. The molecule has 4 aromatic rings. The molecule has 0 spiro atoms. The minimum absolute atomic E-state index is 0.933. The Morgan fingerprint density at radius 2 is 1.91 bits per heavy atom. The first-order valence-electron chi connectivity index (χ1n) is 7.20. The first kappa shape index (κ1) is 12.8. The van der Waals surface area contributed by atoms with E-state index in [4.69, 9.17) is 0 Å². The van der Waals surface area contributed by atoms with Crippen LogP contribution in [0.15, 0.2) is 61.1 Å². The molecule has 0 unspecified atom stereocenters. The molecule has 0 amide bonds. The Balaban J connectivity index is 1.83. The van der Waals surface area contributed by atoms with Crippen LogP contribution in [-0.4, -0.2) is 14.0 Å². The molecule has 4 heteroatoms. The van der Waals surface area contributed by atoms with Crippen LogP contribution in [0, 0.1) is 6.20 Å². The number of hydrogen-bond acceptors (Lipinski definition) is 1. The average molecular weight is 288 g/mol. The zero-order valence-electron chi connectivity index (χ0n) is 12.6. The first-order chi connectivity index (χ1) is 10.7. The summed E-state index contributed by atoms with van der Waals surface area (Å²) in [6.45, 7) is 0. The molecule has 0 N–H and O–H groups in total. The number of fused-ring (bicyclic) bond motifs is 1. The predicted octanol–water partition coefficient (Wildman–Crippen LogP) is 2.63. The van der Waals surface area contributed by atoms with Gasteiger partial charge in [0.15, 0.2) is 11.9 Å². The van der Waals surface area contributed by atoms with E-state index in [0.717, 1.165) is 22.7 Å². The van der Waals surface area contributed by atoms with Gasteiger partial charge in [-0.1, -0.05) is 47.5 Å². The van der Waals surface area contributed by atoms with Gasteiger partial charge in [0.2, 0.25) is 5.78 Å². The molecular formula is C18H16N4. The molecule has 3 aromatic heterocycles. The van der Waals surface area contributed by atoms with E-state index in [1.165, 1.54) is 5.56 Å². The Hall–Kier alpha value is -2.88. The quantitative estimate of drug-likeness (QED) is 0.411. The van der Waals surface area contributed by atoms with E-state index in [0.29, 0.717) is 0 Å². The normalized spacial score (nSPS) is 11.2. The fourth-order valence-corrected chi connectivity index (χ4v) is 2.82. The van der Waals surface area contributed by atoms with Crippen molar-refractivity contribution in [1.29, 1.82) is 0 Å². The van der Waals surface area contributed by atoms with Crippen LogP contribution >= 0.6 is 0 Å². The van der Waals surface area contributed by atoms with E-state index in [2.05, 4.69) is 46.2 Å². The van der Waals surface area contributed by atoms with Gasteiger partial charge in [0.1, 0.15) is 7.05 Å². The van der Waals surface area contributed by atoms with Gasteiger partial charge in [-0.3, -0.25) is 8.97 Å². The lowest BCUT2D eigenvalue weighted by atomic mass is 10.1. The lowest BCUT2D eigenvalue weighted by Gasteiger charge is -2.10. The van der Waals surface area contributed by atoms with Crippen LogP contribution in [0.1, 0.15) is 0 Å². The van der Waals surface area contributed by atoms with E-state index in [-0.39, 0.29) is 0 Å². The van der Waals surface area contributed by atoms with Crippen molar-refractivity contribution in [1.82, 2.24) is 14.0 Å². The van der Waals surface area contributed by atoms with Crippen molar-refractivity contribution in [3.63, 3.8) is 0 Å². The van der Waals surface area contributed by atoms with Gasteiger partial charge in [-0.2, -0.15) is 0 Å². The average Bonchev–Trinajstić information content (AvgIpc) is 3.12. The maximum absolute atomic E-state index is 4.37. The molecule has 1 aromatic carbocycles. The molecule has 4 rings (SSSR count). The maximum atomic E-state index is 4.37. The van der Waals surface area contributed by atoms with Crippen LogP contribution in [0.3, 0.4) is 0 Å². The highest BCUT2D eigenvalue weighted by molar-refractivity contribution is 5.63. The van der Waals surface area contributed by atoms with Gasteiger partial charge in [0.25, 0.3) is 0 Å². The van der Waals surface area contributed by atoms with Gasteiger partial charge >= 0.3 is 0 Å². The predicted molar refractivity (Wildman–Crippen MR) is 85.0 cm³/mol. The van der Waals surface area contributed by atoms with Gasteiger partial charge in [0, 0.05) is 25.6 Å². The summed E-state index contributed by atoms with van der Waals surface area (Å²) in [5.41, 5.74) is 4.48. The Morgan fingerprint density at radius 3 is 2.64 bits per heavy atom. The lowest BCUT2D eigenvalue weighted by molar-refractivity contribution is -0.664. The SMILES string of the molecule is Cn1c(-c2ccc(-c3ccccc3)[c-][n+]2C)cn2ccnc12. The molecule has 0 saturated heterocycles. The smallest absolute Gasteiger partial charge is 0.213 e. The standard InChI is InChI=1S/C18H16N4/c1-20-12-15(14-6-4-3-5-7-14)8-9-16(20)17-13-22-11-10-19-18(22)21(17)2/h3-11,13H,1-2H3. The topological polar surface area (TPSA) is 26.1 Å². The summed E-state index contributed by atoms with van der Waals surface area (Å²) >= 11 is 0. The number of hydrogen-bond donors (Lipinski definition) is 0. The van der Waals surface area contributed by atoms with E-state index in [1.807, 2.05) is 53.7 Å². The molecule has 0 aliphatic rings. The Morgan fingerprint density at radius 1 is 1.09 bits per heavy atom. The number of pyridine rings is 1. The van der Waals surface area contributed by atoms with Crippen molar-refractivity contribution < 1.29 is 4.57 Å². The van der Waals surface area contributed by atoms with Crippen LogP contribution < -0.4 is 4.57 Å². The number of aryl methyl sites for hydroxylation is 2. The second-order valence-corrected chi connectivity index (χ2v) is 5.38. The van der Waals surface area contributed by atoms with Crippen molar-refractivity contribution in [2.24, 2.45) is 14.1 Å². The van der Waals surface area contributed by atoms with E-state index >= 15 is 0 Å². The van der Waals surface area contributed by atoms with Gasteiger partial charge in [-0.25, -0.2) is 4.98 Å². The van der Waals surface area contributed by atoms with Crippen molar-refractivity contribution in [3.05, 3.63) is 67.3 Å². The van der Waals surface area contributed by atoms with Gasteiger partial charge < -0.3 is 4.57 Å². The monoisotopic (exact) mass is 288 g/mol. The van der Waals surface area contributed by atoms with Gasteiger partial charge in [-0.15, -0.1) is 6.07 Å². The number of nitrogens with zero attached hydrogens (tertiary/aromatic N) is 4. The maximum Gasteiger partial charge on any atom is 0.213 e. The molecule has 3 heterocycles. The minimum atomic E-state index is 0.933. The minimum Gasteiger partial charge on any atom is -0.316 e. The van der Waals surface area contributed by atoms with Crippen molar-refractivity contribution in [2.45, 2.75) is 0 Å². The number of imidazole rings is 2. The third kappa shape index (κ3) is 1.92. The first-order valence-corrected chi connectivity index (χ1v) is 7.20. The Bertz CT molecular complexity index is 948. The molecule has 4 nitrogen and oxygen atoms in total. The van der Waals surface area contributed by atoms with E-state index in [1.54, 1.807) is 0 Å².